The standard InChI is InChI=1S/C14H21ClN2O2/c1-13(2)8-17(9-14(3,4)19-13)12-5-10(7-18)11(15)6-16-12/h5-6,18H,7-9H2,1-4H3. The molecule has 1 aliphatic heterocycles. The third kappa shape index (κ3) is 3.38. The summed E-state index contributed by atoms with van der Waals surface area (Å²) in [6.07, 6.45) is 1.60. The molecule has 106 valence electrons. The van der Waals surface area contributed by atoms with Crippen LogP contribution < -0.4 is 4.90 Å². The van der Waals surface area contributed by atoms with Crippen LogP contribution in [0.2, 0.25) is 5.02 Å². The largest absolute Gasteiger partial charge is 0.392 e. The average Bonchev–Trinajstić information content (AvgIpc) is 2.25. The Kier molecular flexibility index (Phi) is 3.78. The van der Waals surface area contributed by atoms with Crippen molar-refractivity contribution in [2.75, 3.05) is 18.0 Å². The molecule has 0 saturated carbocycles. The van der Waals surface area contributed by atoms with Crippen LogP contribution in [-0.4, -0.2) is 34.4 Å². The molecule has 0 aromatic carbocycles. The van der Waals surface area contributed by atoms with Crippen LogP contribution in [0.25, 0.3) is 0 Å². The predicted octanol–water partition coefficient (Wildman–Crippen LogP) is 2.62. The number of rotatable bonds is 2. The minimum atomic E-state index is -0.234. The first-order valence-electron chi connectivity index (χ1n) is 6.43. The fraction of sp³-hybridized carbons (Fsp3) is 0.643. The van der Waals surface area contributed by atoms with Crippen molar-refractivity contribution >= 4 is 17.4 Å². The summed E-state index contributed by atoms with van der Waals surface area (Å²) >= 11 is 5.98. The summed E-state index contributed by atoms with van der Waals surface area (Å²) in [4.78, 5) is 6.55. The monoisotopic (exact) mass is 284 g/mol. The molecule has 0 bridgehead atoms. The second-order valence-electron chi connectivity index (χ2n) is 6.27. The molecular formula is C14H21ClN2O2. The Bertz CT molecular complexity index is 459. The molecule has 0 amide bonds. The van der Waals surface area contributed by atoms with Gasteiger partial charge in [-0.25, -0.2) is 4.98 Å². The van der Waals surface area contributed by atoms with Gasteiger partial charge in [0.1, 0.15) is 5.82 Å². The van der Waals surface area contributed by atoms with Gasteiger partial charge < -0.3 is 14.7 Å². The van der Waals surface area contributed by atoms with E-state index in [2.05, 4.69) is 37.6 Å². The van der Waals surface area contributed by atoms with Gasteiger partial charge in [-0.3, -0.25) is 0 Å². The molecule has 1 aromatic heterocycles. The highest BCUT2D eigenvalue weighted by molar-refractivity contribution is 6.31. The molecule has 1 aromatic rings. The molecule has 2 heterocycles. The van der Waals surface area contributed by atoms with Crippen molar-refractivity contribution in [2.45, 2.75) is 45.5 Å². The molecule has 0 atom stereocenters. The Morgan fingerprint density at radius 3 is 2.42 bits per heavy atom. The zero-order valence-corrected chi connectivity index (χ0v) is 12.7. The van der Waals surface area contributed by atoms with Gasteiger partial charge in [0.2, 0.25) is 0 Å². The lowest BCUT2D eigenvalue weighted by molar-refractivity contribution is -0.133. The summed E-state index contributed by atoms with van der Waals surface area (Å²) in [6, 6.07) is 1.85. The molecular weight excluding hydrogens is 264 g/mol. The topological polar surface area (TPSA) is 45.6 Å². The minimum Gasteiger partial charge on any atom is -0.392 e. The van der Waals surface area contributed by atoms with E-state index in [1.807, 2.05) is 6.07 Å². The van der Waals surface area contributed by atoms with Gasteiger partial charge in [0.25, 0.3) is 0 Å². The molecule has 1 saturated heterocycles. The third-order valence-electron chi connectivity index (χ3n) is 3.11. The third-order valence-corrected chi connectivity index (χ3v) is 3.45. The summed E-state index contributed by atoms with van der Waals surface area (Å²) in [6.45, 7) is 9.73. The van der Waals surface area contributed by atoms with Crippen molar-refractivity contribution in [3.63, 3.8) is 0 Å². The van der Waals surface area contributed by atoms with Crippen LogP contribution in [0.3, 0.4) is 0 Å². The lowest BCUT2D eigenvalue weighted by atomic mass is 9.99. The molecule has 0 radical (unpaired) electrons. The second-order valence-corrected chi connectivity index (χ2v) is 6.68. The fourth-order valence-corrected chi connectivity index (χ4v) is 2.87. The summed E-state index contributed by atoms with van der Waals surface area (Å²) in [7, 11) is 0. The van der Waals surface area contributed by atoms with E-state index >= 15 is 0 Å². The Balaban J connectivity index is 2.30. The number of morpholine rings is 1. The average molecular weight is 285 g/mol. The number of hydrogen-bond acceptors (Lipinski definition) is 4. The summed E-state index contributed by atoms with van der Waals surface area (Å²) in [5, 5.41) is 9.79. The van der Waals surface area contributed by atoms with E-state index in [9.17, 15) is 5.11 Å². The van der Waals surface area contributed by atoms with Crippen molar-refractivity contribution in [2.24, 2.45) is 0 Å². The number of ether oxygens (including phenoxy) is 1. The van der Waals surface area contributed by atoms with Crippen LogP contribution >= 0.6 is 11.6 Å². The van der Waals surface area contributed by atoms with Crippen LogP contribution in [0.15, 0.2) is 12.3 Å². The predicted molar refractivity (Wildman–Crippen MR) is 76.6 cm³/mol. The zero-order chi connectivity index (χ0) is 14.3. The van der Waals surface area contributed by atoms with Crippen molar-refractivity contribution in [3.8, 4) is 0 Å². The second kappa shape index (κ2) is 4.93. The molecule has 4 nitrogen and oxygen atoms in total. The number of pyridine rings is 1. The van der Waals surface area contributed by atoms with Gasteiger partial charge in [-0.05, 0) is 33.8 Å². The minimum absolute atomic E-state index is 0.0779. The zero-order valence-electron chi connectivity index (χ0n) is 11.9. The number of aromatic nitrogens is 1. The number of aliphatic hydroxyl groups is 1. The highest BCUT2D eigenvalue weighted by Crippen LogP contribution is 2.31. The number of hydrogen-bond donors (Lipinski definition) is 1. The van der Waals surface area contributed by atoms with Gasteiger partial charge in [0.15, 0.2) is 0 Å². The van der Waals surface area contributed by atoms with E-state index in [0.29, 0.717) is 10.6 Å². The van der Waals surface area contributed by atoms with Crippen LogP contribution in [0.5, 0.6) is 0 Å². The van der Waals surface area contributed by atoms with Crippen LogP contribution in [-0.2, 0) is 11.3 Å². The highest BCUT2D eigenvalue weighted by atomic mass is 35.5. The van der Waals surface area contributed by atoms with Crippen molar-refractivity contribution < 1.29 is 9.84 Å². The normalized spacial score (nSPS) is 21.5. The van der Waals surface area contributed by atoms with E-state index in [4.69, 9.17) is 16.3 Å². The maximum Gasteiger partial charge on any atom is 0.129 e. The van der Waals surface area contributed by atoms with Crippen molar-refractivity contribution in [1.82, 2.24) is 4.98 Å². The van der Waals surface area contributed by atoms with Gasteiger partial charge in [-0.2, -0.15) is 0 Å². The summed E-state index contributed by atoms with van der Waals surface area (Å²) in [5.74, 6) is 0.831. The van der Waals surface area contributed by atoms with Gasteiger partial charge in [-0.15, -0.1) is 0 Å². The van der Waals surface area contributed by atoms with E-state index in [1.54, 1.807) is 6.20 Å². The van der Waals surface area contributed by atoms with Crippen molar-refractivity contribution in [1.29, 1.82) is 0 Å². The van der Waals surface area contributed by atoms with Gasteiger partial charge in [-0.1, -0.05) is 11.6 Å². The van der Waals surface area contributed by atoms with Crippen LogP contribution in [0.4, 0.5) is 5.82 Å². The molecule has 19 heavy (non-hydrogen) atoms. The lowest BCUT2D eigenvalue weighted by Gasteiger charge is -2.47. The molecule has 1 fully saturated rings. The first-order valence-corrected chi connectivity index (χ1v) is 6.81. The SMILES string of the molecule is CC1(C)CN(c2cc(CO)c(Cl)cn2)CC(C)(C)O1. The molecule has 0 aliphatic carbocycles. The first kappa shape index (κ1) is 14.6. The molecule has 0 spiro atoms. The lowest BCUT2D eigenvalue weighted by Crippen LogP contribution is -2.57. The highest BCUT2D eigenvalue weighted by Gasteiger charge is 2.38. The van der Waals surface area contributed by atoms with E-state index < -0.39 is 0 Å². The van der Waals surface area contributed by atoms with E-state index in [1.165, 1.54) is 0 Å². The molecule has 1 N–H and O–H groups in total. The maximum atomic E-state index is 9.29. The van der Waals surface area contributed by atoms with Crippen molar-refractivity contribution in [3.05, 3.63) is 22.8 Å². The number of nitrogens with zero attached hydrogens (tertiary/aromatic N) is 2. The molecule has 2 rings (SSSR count). The van der Waals surface area contributed by atoms with Gasteiger partial charge in [0, 0.05) is 24.8 Å². The Labute approximate surface area is 119 Å². The number of aliphatic hydroxyl groups excluding tert-OH is 1. The summed E-state index contributed by atoms with van der Waals surface area (Å²) in [5.41, 5.74) is 0.235. The van der Waals surface area contributed by atoms with Crippen LogP contribution in [0.1, 0.15) is 33.3 Å². The first-order chi connectivity index (χ1) is 8.72. The molecule has 5 heteroatoms. The maximum absolute atomic E-state index is 9.29. The molecule has 0 unspecified atom stereocenters. The fourth-order valence-electron chi connectivity index (χ4n) is 2.71. The Hall–Kier alpha value is -0.840. The number of halogens is 1. The quantitative estimate of drug-likeness (QED) is 0.907. The van der Waals surface area contributed by atoms with Crippen LogP contribution in [0, 0.1) is 0 Å². The number of anilines is 1. The Morgan fingerprint density at radius 2 is 1.89 bits per heavy atom. The van der Waals surface area contributed by atoms with Gasteiger partial charge >= 0.3 is 0 Å². The van der Waals surface area contributed by atoms with E-state index in [0.717, 1.165) is 18.9 Å². The summed E-state index contributed by atoms with van der Waals surface area (Å²) < 4.78 is 6.05. The van der Waals surface area contributed by atoms with E-state index in [-0.39, 0.29) is 17.8 Å². The smallest absolute Gasteiger partial charge is 0.129 e. The molecule has 1 aliphatic rings. The Morgan fingerprint density at radius 1 is 1.32 bits per heavy atom. The van der Waals surface area contributed by atoms with Gasteiger partial charge in [0.05, 0.1) is 22.8 Å².